The summed E-state index contributed by atoms with van der Waals surface area (Å²) in [6, 6.07) is 7.83. The Kier molecular flexibility index (Phi) is 8.97. The van der Waals surface area contributed by atoms with Crippen molar-refractivity contribution in [3.63, 3.8) is 0 Å². The van der Waals surface area contributed by atoms with E-state index in [1.165, 1.54) is 24.4 Å². The van der Waals surface area contributed by atoms with E-state index in [2.05, 4.69) is 38.1 Å². The van der Waals surface area contributed by atoms with Gasteiger partial charge in [0, 0.05) is 18.8 Å². The molecule has 1 amide bonds. The van der Waals surface area contributed by atoms with Crippen LogP contribution in [0.2, 0.25) is 0 Å². The first-order valence-electron chi connectivity index (χ1n) is 13.4. The van der Waals surface area contributed by atoms with Crippen LogP contribution in [0.4, 0.5) is 0 Å². The van der Waals surface area contributed by atoms with E-state index in [1.54, 1.807) is 11.8 Å². The average molecular weight is 540 g/mol. The Morgan fingerprint density at radius 1 is 1.16 bits per heavy atom. The number of carbonyl (C=O) groups is 3. The topological polar surface area (TPSA) is 88.5 Å². The minimum Gasteiger partial charge on any atom is -0.466 e. The van der Waals surface area contributed by atoms with Gasteiger partial charge in [0.05, 0.1) is 43.4 Å². The number of nitrogens with zero attached hydrogens (tertiary/aromatic N) is 3. The first-order valence-corrected chi connectivity index (χ1v) is 14.3. The molecule has 1 saturated heterocycles. The second-order valence-electron chi connectivity index (χ2n) is 10.0. The number of amidine groups is 1. The third kappa shape index (κ3) is 5.67. The van der Waals surface area contributed by atoms with Crippen LogP contribution >= 0.6 is 11.8 Å². The molecule has 0 aromatic heterocycles. The Morgan fingerprint density at radius 2 is 1.89 bits per heavy atom. The summed E-state index contributed by atoms with van der Waals surface area (Å²) in [5.74, 6) is -0.618. The molecule has 4 rings (SSSR count). The quantitative estimate of drug-likeness (QED) is 0.423. The van der Waals surface area contributed by atoms with E-state index >= 15 is 0 Å². The second-order valence-corrected chi connectivity index (χ2v) is 10.9. The van der Waals surface area contributed by atoms with Gasteiger partial charge in [0.1, 0.15) is 0 Å². The van der Waals surface area contributed by atoms with Crippen molar-refractivity contribution in [2.45, 2.75) is 65.3 Å². The van der Waals surface area contributed by atoms with Crippen molar-refractivity contribution >= 4 is 34.8 Å². The van der Waals surface area contributed by atoms with Crippen molar-refractivity contribution in [2.75, 3.05) is 26.8 Å². The highest BCUT2D eigenvalue weighted by molar-refractivity contribution is 8.16. The molecule has 3 aliphatic heterocycles. The standard InChI is InChI=1S/C29H37N3O5S/c1-6-23-25(28(35)36-5)26(20-12-10-19(11-13-20)18(3)4)32-22(17-38-29(32)30-23)15-24(33)31-14-8-9-21(16-31)27(34)37-7-2/h10-13,17-18,21,26H,6-9,14-16H2,1-5H3. The molecule has 8 nitrogen and oxygen atoms in total. The number of thioether (sulfide) groups is 1. The van der Waals surface area contributed by atoms with Gasteiger partial charge < -0.3 is 19.3 Å². The van der Waals surface area contributed by atoms with Crippen LogP contribution in [0.1, 0.15) is 76.5 Å². The van der Waals surface area contributed by atoms with Crippen LogP contribution in [0.25, 0.3) is 0 Å². The molecule has 2 atom stereocenters. The Balaban J connectivity index is 1.63. The van der Waals surface area contributed by atoms with Crippen molar-refractivity contribution in [1.82, 2.24) is 9.80 Å². The normalized spacial score (nSPS) is 21.2. The lowest BCUT2D eigenvalue weighted by Crippen LogP contribution is -2.44. The highest BCUT2D eigenvalue weighted by Gasteiger charge is 2.42. The summed E-state index contributed by atoms with van der Waals surface area (Å²) in [5.41, 5.74) is 4.13. The van der Waals surface area contributed by atoms with Gasteiger partial charge in [-0.25, -0.2) is 9.79 Å². The summed E-state index contributed by atoms with van der Waals surface area (Å²) < 4.78 is 10.4. The number of fused-ring (bicyclic) bond motifs is 1. The van der Waals surface area contributed by atoms with Crippen LogP contribution in [-0.2, 0) is 23.9 Å². The van der Waals surface area contributed by atoms with Crippen molar-refractivity contribution in [3.05, 3.63) is 57.8 Å². The molecule has 2 unspecified atom stereocenters. The monoisotopic (exact) mass is 539 g/mol. The van der Waals surface area contributed by atoms with E-state index in [1.807, 2.05) is 17.2 Å². The van der Waals surface area contributed by atoms with Gasteiger partial charge in [-0.2, -0.15) is 0 Å². The number of methoxy groups -OCH3 is 1. The molecule has 0 radical (unpaired) electrons. The summed E-state index contributed by atoms with van der Waals surface area (Å²) in [6.07, 6.45) is 2.23. The van der Waals surface area contributed by atoms with Gasteiger partial charge in [0.2, 0.25) is 5.91 Å². The fourth-order valence-corrected chi connectivity index (χ4v) is 6.15. The Bertz CT molecular complexity index is 1170. The van der Waals surface area contributed by atoms with Crippen molar-refractivity contribution in [3.8, 4) is 0 Å². The molecule has 38 heavy (non-hydrogen) atoms. The van der Waals surface area contributed by atoms with Gasteiger partial charge in [-0.1, -0.05) is 56.8 Å². The first-order chi connectivity index (χ1) is 18.3. The van der Waals surface area contributed by atoms with Crippen LogP contribution in [0.5, 0.6) is 0 Å². The summed E-state index contributed by atoms with van der Waals surface area (Å²) in [4.78, 5) is 47.4. The van der Waals surface area contributed by atoms with E-state index in [-0.39, 0.29) is 24.2 Å². The number of ether oxygens (including phenoxy) is 2. The number of benzene rings is 1. The molecule has 0 saturated carbocycles. The second kappa shape index (κ2) is 12.2. The van der Waals surface area contributed by atoms with Crippen molar-refractivity contribution in [1.29, 1.82) is 0 Å². The lowest BCUT2D eigenvalue weighted by Gasteiger charge is -2.37. The van der Waals surface area contributed by atoms with E-state index in [9.17, 15) is 14.4 Å². The summed E-state index contributed by atoms with van der Waals surface area (Å²) in [6.45, 7) is 9.37. The zero-order valence-electron chi connectivity index (χ0n) is 22.9. The lowest BCUT2D eigenvalue weighted by molar-refractivity contribution is -0.151. The maximum Gasteiger partial charge on any atom is 0.338 e. The maximum absolute atomic E-state index is 13.5. The Hall–Kier alpha value is -3.07. The molecule has 9 heteroatoms. The number of aliphatic imine (C=N–C) groups is 1. The van der Waals surface area contributed by atoms with Gasteiger partial charge in [0.25, 0.3) is 0 Å². The highest BCUT2D eigenvalue weighted by Crippen LogP contribution is 2.45. The van der Waals surface area contributed by atoms with Gasteiger partial charge in [-0.05, 0) is 48.6 Å². The van der Waals surface area contributed by atoms with Gasteiger partial charge in [0.15, 0.2) is 5.17 Å². The smallest absolute Gasteiger partial charge is 0.338 e. The maximum atomic E-state index is 13.5. The molecular formula is C29H37N3O5S. The lowest BCUT2D eigenvalue weighted by atomic mass is 9.91. The number of piperidine rings is 1. The number of allylic oxidation sites excluding steroid dienone is 1. The molecular weight excluding hydrogens is 502 g/mol. The van der Waals surface area contributed by atoms with Crippen LogP contribution in [-0.4, -0.2) is 59.6 Å². The van der Waals surface area contributed by atoms with E-state index in [4.69, 9.17) is 14.5 Å². The summed E-state index contributed by atoms with van der Waals surface area (Å²) in [5, 5.41) is 2.70. The van der Waals surface area contributed by atoms with Crippen LogP contribution in [0.15, 0.2) is 51.6 Å². The van der Waals surface area contributed by atoms with E-state index < -0.39 is 12.0 Å². The fraction of sp³-hybridized carbons (Fsp3) is 0.517. The summed E-state index contributed by atoms with van der Waals surface area (Å²) in [7, 11) is 1.39. The third-order valence-corrected chi connectivity index (χ3v) is 8.16. The molecule has 0 aliphatic carbocycles. The molecule has 0 bridgehead atoms. The minimum absolute atomic E-state index is 0.0501. The van der Waals surface area contributed by atoms with Crippen molar-refractivity contribution < 1.29 is 23.9 Å². The molecule has 0 N–H and O–H groups in total. The Labute approximate surface area is 229 Å². The largest absolute Gasteiger partial charge is 0.466 e. The number of carbonyl (C=O) groups excluding carboxylic acids is 3. The zero-order chi connectivity index (χ0) is 27.4. The molecule has 0 spiro atoms. The van der Waals surface area contributed by atoms with Crippen molar-refractivity contribution in [2.24, 2.45) is 10.9 Å². The number of hydrogen-bond donors (Lipinski definition) is 0. The third-order valence-electron chi connectivity index (χ3n) is 7.27. The van der Waals surface area contributed by atoms with Crippen LogP contribution in [0, 0.1) is 5.92 Å². The van der Waals surface area contributed by atoms with Gasteiger partial charge in [-0.15, -0.1) is 0 Å². The average Bonchev–Trinajstić information content (AvgIpc) is 3.33. The molecule has 1 aromatic rings. The number of rotatable bonds is 8. The van der Waals surface area contributed by atoms with E-state index in [0.717, 1.165) is 29.3 Å². The fourth-order valence-electron chi connectivity index (χ4n) is 5.21. The van der Waals surface area contributed by atoms with Gasteiger partial charge >= 0.3 is 11.9 Å². The van der Waals surface area contributed by atoms with Crippen LogP contribution in [0.3, 0.4) is 0 Å². The predicted molar refractivity (Wildman–Crippen MR) is 148 cm³/mol. The Morgan fingerprint density at radius 3 is 2.53 bits per heavy atom. The number of hydrogen-bond acceptors (Lipinski definition) is 8. The number of likely N-dealkylation sites (tertiary alicyclic amines) is 1. The van der Waals surface area contributed by atoms with E-state index in [0.29, 0.717) is 43.3 Å². The SMILES string of the molecule is CCOC(=O)C1CCCN(C(=O)CC2=CSC3=NC(CC)=C(C(=O)OC)C(c4ccc(C(C)C)cc4)N23)C1. The molecule has 204 valence electrons. The zero-order valence-corrected chi connectivity index (χ0v) is 23.7. The minimum atomic E-state index is -0.450. The molecule has 3 aliphatic rings. The molecule has 1 fully saturated rings. The number of amides is 1. The summed E-state index contributed by atoms with van der Waals surface area (Å²) >= 11 is 1.46. The van der Waals surface area contributed by atoms with Gasteiger partial charge in [-0.3, -0.25) is 9.59 Å². The number of esters is 2. The first kappa shape index (κ1) is 28.0. The van der Waals surface area contributed by atoms with Crippen LogP contribution < -0.4 is 0 Å². The molecule has 1 aromatic carbocycles. The molecule has 3 heterocycles. The highest BCUT2D eigenvalue weighted by atomic mass is 32.2. The predicted octanol–water partition coefficient (Wildman–Crippen LogP) is 5.14.